The number of rotatable bonds is 2. The largest absolute Gasteiger partial charge is 0.368 e. The molecule has 0 atom stereocenters. The number of aromatic amines is 1. The molecule has 2 aromatic heterocycles. The van der Waals surface area contributed by atoms with Gasteiger partial charge in [-0.2, -0.15) is 5.10 Å². The van der Waals surface area contributed by atoms with Crippen LogP contribution in [0.3, 0.4) is 0 Å². The molecule has 1 N–H and O–H groups in total. The lowest BCUT2D eigenvalue weighted by Gasteiger charge is -2.43. The number of para-hydroxylation sites is 1. The maximum atomic E-state index is 12.8. The summed E-state index contributed by atoms with van der Waals surface area (Å²) < 4.78 is 7.99. The molecule has 2 aliphatic heterocycles. The highest BCUT2D eigenvalue weighted by molar-refractivity contribution is 5.79. The number of benzene rings is 1. The summed E-state index contributed by atoms with van der Waals surface area (Å²) in [5, 5.41) is 8.51. The summed E-state index contributed by atoms with van der Waals surface area (Å²) in [4.78, 5) is 15.1. The third-order valence-corrected chi connectivity index (χ3v) is 6.19. The fourth-order valence-corrected chi connectivity index (χ4v) is 4.63. The number of piperidine rings is 1. The van der Waals surface area contributed by atoms with Crippen molar-refractivity contribution in [1.29, 1.82) is 0 Å². The normalized spacial score (nSPS) is 19.4. The minimum absolute atomic E-state index is 0.0961. The standard InChI is InChI=1S/C21H24N4O2/c1-24-18-5-3-2-4-15(18)12-17(20(24)26)14-25-9-7-21(8-10-25)19-16(6-11-27-21)13-22-23-19/h2-5,12-13H,6-11,14H2,1H3,(H,22,23). The van der Waals surface area contributed by atoms with Crippen LogP contribution in [0.25, 0.3) is 10.9 Å². The average molecular weight is 364 g/mol. The predicted molar refractivity (Wildman–Crippen MR) is 104 cm³/mol. The summed E-state index contributed by atoms with van der Waals surface area (Å²) in [7, 11) is 1.86. The minimum atomic E-state index is -0.227. The van der Waals surface area contributed by atoms with E-state index in [9.17, 15) is 4.79 Å². The Morgan fingerprint density at radius 2 is 2.07 bits per heavy atom. The number of fused-ring (bicyclic) bond motifs is 3. The van der Waals surface area contributed by atoms with Gasteiger partial charge in [0.15, 0.2) is 0 Å². The van der Waals surface area contributed by atoms with E-state index >= 15 is 0 Å². The Bertz CT molecular complexity index is 1040. The maximum Gasteiger partial charge on any atom is 0.255 e. The Morgan fingerprint density at radius 3 is 2.93 bits per heavy atom. The first-order chi connectivity index (χ1) is 13.2. The fourth-order valence-electron chi connectivity index (χ4n) is 4.63. The quantitative estimate of drug-likeness (QED) is 0.758. The third kappa shape index (κ3) is 2.71. The van der Waals surface area contributed by atoms with E-state index in [1.165, 1.54) is 5.56 Å². The predicted octanol–water partition coefficient (Wildman–Crippen LogP) is 2.33. The summed E-state index contributed by atoms with van der Waals surface area (Å²) in [5.41, 5.74) is 4.16. The third-order valence-electron chi connectivity index (χ3n) is 6.19. The van der Waals surface area contributed by atoms with Gasteiger partial charge in [0.05, 0.1) is 24.0 Å². The average Bonchev–Trinajstić information content (AvgIpc) is 3.18. The number of aryl methyl sites for hydroxylation is 1. The first-order valence-corrected chi connectivity index (χ1v) is 9.63. The molecule has 1 spiro atoms. The SMILES string of the molecule is Cn1c(=O)c(CN2CCC3(CC2)OCCc2cn[nH]c23)cc2ccccc21. The number of H-pyrrole nitrogens is 1. The van der Waals surface area contributed by atoms with Crippen molar-refractivity contribution in [2.24, 2.45) is 7.05 Å². The number of nitrogens with zero attached hydrogens (tertiary/aromatic N) is 3. The molecular formula is C21H24N4O2. The summed E-state index contributed by atoms with van der Waals surface area (Å²) in [6, 6.07) is 10.1. The molecule has 0 bridgehead atoms. The molecule has 2 aliphatic rings. The Morgan fingerprint density at radius 1 is 1.26 bits per heavy atom. The summed E-state index contributed by atoms with van der Waals surface area (Å²) >= 11 is 0. The molecule has 0 unspecified atom stereocenters. The highest BCUT2D eigenvalue weighted by Crippen LogP contribution is 2.40. The summed E-state index contributed by atoms with van der Waals surface area (Å²) in [6.07, 6.45) is 4.72. The number of likely N-dealkylation sites (tertiary alicyclic amines) is 1. The monoisotopic (exact) mass is 364 g/mol. The van der Waals surface area contributed by atoms with Crippen LogP contribution in [0.4, 0.5) is 0 Å². The molecular weight excluding hydrogens is 340 g/mol. The number of ether oxygens (including phenoxy) is 1. The minimum Gasteiger partial charge on any atom is -0.368 e. The fraction of sp³-hybridized carbons (Fsp3) is 0.429. The first kappa shape index (κ1) is 16.7. The molecule has 4 heterocycles. The van der Waals surface area contributed by atoms with Crippen molar-refractivity contribution in [3.8, 4) is 0 Å². The lowest BCUT2D eigenvalue weighted by atomic mass is 9.83. The maximum absolute atomic E-state index is 12.8. The zero-order valence-electron chi connectivity index (χ0n) is 15.6. The van der Waals surface area contributed by atoms with Gasteiger partial charge >= 0.3 is 0 Å². The van der Waals surface area contributed by atoms with E-state index in [1.54, 1.807) is 4.57 Å². The second-order valence-electron chi connectivity index (χ2n) is 7.73. The molecule has 0 radical (unpaired) electrons. The van der Waals surface area contributed by atoms with Crippen LogP contribution in [0.15, 0.2) is 41.3 Å². The molecule has 3 aromatic rings. The second-order valence-corrected chi connectivity index (χ2v) is 7.73. The Hall–Kier alpha value is -2.44. The summed E-state index contributed by atoms with van der Waals surface area (Å²) in [6.45, 7) is 3.27. The molecule has 6 heteroatoms. The van der Waals surface area contributed by atoms with Crippen LogP contribution in [-0.2, 0) is 30.4 Å². The van der Waals surface area contributed by atoms with Crippen LogP contribution < -0.4 is 5.56 Å². The van der Waals surface area contributed by atoms with Gasteiger partial charge in [-0.1, -0.05) is 18.2 Å². The van der Waals surface area contributed by atoms with Crippen LogP contribution in [0.5, 0.6) is 0 Å². The summed E-state index contributed by atoms with van der Waals surface area (Å²) in [5.74, 6) is 0. The number of aromatic nitrogens is 3. The number of pyridine rings is 1. The van der Waals surface area contributed by atoms with Gasteiger partial charge in [-0.05, 0) is 42.3 Å². The Kier molecular flexibility index (Phi) is 3.91. The molecule has 1 aromatic carbocycles. The van der Waals surface area contributed by atoms with Crippen molar-refractivity contribution in [2.75, 3.05) is 19.7 Å². The molecule has 5 rings (SSSR count). The van der Waals surface area contributed by atoms with Gasteiger partial charge in [-0.25, -0.2) is 0 Å². The zero-order chi connectivity index (χ0) is 18.4. The van der Waals surface area contributed by atoms with Gasteiger partial charge in [-0.3, -0.25) is 14.8 Å². The van der Waals surface area contributed by atoms with E-state index in [0.717, 1.165) is 61.1 Å². The van der Waals surface area contributed by atoms with Crippen LogP contribution in [0.2, 0.25) is 0 Å². The van der Waals surface area contributed by atoms with Gasteiger partial charge in [-0.15, -0.1) is 0 Å². The van der Waals surface area contributed by atoms with Gasteiger partial charge in [0.1, 0.15) is 5.60 Å². The molecule has 1 saturated heterocycles. The molecule has 0 saturated carbocycles. The van der Waals surface area contributed by atoms with E-state index < -0.39 is 0 Å². The second kappa shape index (κ2) is 6.32. The van der Waals surface area contributed by atoms with Crippen LogP contribution >= 0.6 is 0 Å². The van der Waals surface area contributed by atoms with Gasteiger partial charge in [0.25, 0.3) is 5.56 Å². The molecule has 0 amide bonds. The molecule has 1 fully saturated rings. The highest BCUT2D eigenvalue weighted by atomic mass is 16.5. The van der Waals surface area contributed by atoms with Crippen molar-refractivity contribution < 1.29 is 4.74 Å². The van der Waals surface area contributed by atoms with E-state index in [1.807, 2.05) is 37.5 Å². The van der Waals surface area contributed by atoms with Crippen molar-refractivity contribution >= 4 is 10.9 Å². The Labute approximate surface area is 157 Å². The first-order valence-electron chi connectivity index (χ1n) is 9.63. The highest BCUT2D eigenvalue weighted by Gasteiger charge is 2.42. The van der Waals surface area contributed by atoms with Crippen LogP contribution in [0, 0.1) is 0 Å². The molecule has 0 aliphatic carbocycles. The zero-order valence-corrected chi connectivity index (χ0v) is 15.6. The van der Waals surface area contributed by atoms with Crippen molar-refractivity contribution in [1.82, 2.24) is 19.7 Å². The topological polar surface area (TPSA) is 63.1 Å². The van der Waals surface area contributed by atoms with Crippen molar-refractivity contribution in [3.63, 3.8) is 0 Å². The van der Waals surface area contributed by atoms with E-state index in [2.05, 4.69) is 21.2 Å². The lowest BCUT2D eigenvalue weighted by molar-refractivity contribution is -0.102. The van der Waals surface area contributed by atoms with Gasteiger partial charge in [0.2, 0.25) is 0 Å². The van der Waals surface area contributed by atoms with E-state index in [4.69, 9.17) is 4.74 Å². The Balaban J connectivity index is 1.37. The molecule has 6 nitrogen and oxygen atoms in total. The molecule has 140 valence electrons. The number of nitrogens with one attached hydrogen (secondary N) is 1. The van der Waals surface area contributed by atoms with Gasteiger partial charge < -0.3 is 9.30 Å². The van der Waals surface area contributed by atoms with Crippen molar-refractivity contribution in [2.45, 2.75) is 31.4 Å². The smallest absolute Gasteiger partial charge is 0.255 e. The van der Waals surface area contributed by atoms with E-state index in [0.29, 0.717) is 6.54 Å². The van der Waals surface area contributed by atoms with Crippen LogP contribution in [-0.4, -0.2) is 39.4 Å². The van der Waals surface area contributed by atoms with Crippen LogP contribution in [0.1, 0.15) is 29.7 Å². The lowest BCUT2D eigenvalue weighted by Crippen LogP contribution is -2.46. The number of hydrogen-bond donors (Lipinski definition) is 1. The number of hydrogen-bond acceptors (Lipinski definition) is 4. The van der Waals surface area contributed by atoms with E-state index in [-0.39, 0.29) is 11.2 Å². The van der Waals surface area contributed by atoms with Crippen molar-refractivity contribution in [3.05, 3.63) is 63.7 Å². The van der Waals surface area contributed by atoms with Gasteiger partial charge in [0, 0.05) is 32.2 Å². The molecule has 27 heavy (non-hydrogen) atoms.